The maximum absolute atomic E-state index is 9.78. The molecular formula is C19H28N6. The van der Waals surface area contributed by atoms with Crippen molar-refractivity contribution < 1.29 is 0 Å². The van der Waals surface area contributed by atoms with Crippen LogP contribution in [0.2, 0.25) is 0 Å². The standard InChI is InChI=1S/C19H28N6/c1-10(2)6-11-7-15(24-23-11)17-13(9-20)19(21)22-14-8-12-4-5-16(18(14)17)25(12)3/h10-12,15-16,23-24H,4-8H2,1-3H3,(H2,21,22)/t11?,12-,15?,16+/m1/s1. The lowest BCUT2D eigenvalue weighted by Crippen LogP contribution is -2.37. The van der Waals surface area contributed by atoms with Crippen molar-refractivity contribution in [3.05, 3.63) is 22.4 Å². The lowest BCUT2D eigenvalue weighted by Gasteiger charge is -2.35. The van der Waals surface area contributed by atoms with Crippen LogP contribution in [0.3, 0.4) is 0 Å². The van der Waals surface area contributed by atoms with Gasteiger partial charge in [-0.05, 0) is 49.8 Å². The summed E-state index contributed by atoms with van der Waals surface area (Å²) in [5, 5.41) is 9.78. The van der Waals surface area contributed by atoms with Gasteiger partial charge in [0.2, 0.25) is 0 Å². The van der Waals surface area contributed by atoms with Gasteiger partial charge in [0.05, 0.1) is 5.56 Å². The van der Waals surface area contributed by atoms with E-state index in [2.05, 4.69) is 47.7 Å². The van der Waals surface area contributed by atoms with Crippen molar-refractivity contribution in [2.75, 3.05) is 12.8 Å². The topological polar surface area (TPSA) is 90.0 Å². The molecule has 4 atom stereocenters. The highest BCUT2D eigenvalue weighted by atomic mass is 15.4. The number of hydrogen-bond acceptors (Lipinski definition) is 6. The Balaban J connectivity index is 1.77. The molecule has 25 heavy (non-hydrogen) atoms. The fourth-order valence-electron chi connectivity index (χ4n) is 5.06. The first-order valence-corrected chi connectivity index (χ1v) is 9.44. The van der Waals surface area contributed by atoms with Gasteiger partial charge in [-0.25, -0.2) is 10.4 Å². The van der Waals surface area contributed by atoms with Crippen molar-refractivity contribution in [3.63, 3.8) is 0 Å². The Bertz CT molecular complexity index is 722. The summed E-state index contributed by atoms with van der Waals surface area (Å²) in [6.07, 6.45) is 5.40. The maximum Gasteiger partial charge on any atom is 0.141 e. The summed E-state index contributed by atoms with van der Waals surface area (Å²) >= 11 is 0. The van der Waals surface area contributed by atoms with Crippen LogP contribution in [0.15, 0.2) is 0 Å². The van der Waals surface area contributed by atoms with E-state index in [1.807, 2.05) is 0 Å². The number of hydrogen-bond donors (Lipinski definition) is 3. The fourth-order valence-corrected chi connectivity index (χ4v) is 5.06. The van der Waals surface area contributed by atoms with Crippen LogP contribution in [0.4, 0.5) is 5.82 Å². The van der Waals surface area contributed by atoms with Gasteiger partial charge in [0.15, 0.2) is 0 Å². The van der Waals surface area contributed by atoms with Gasteiger partial charge in [0.25, 0.3) is 0 Å². The van der Waals surface area contributed by atoms with E-state index < -0.39 is 0 Å². The van der Waals surface area contributed by atoms with Gasteiger partial charge < -0.3 is 5.73 Å². The van der Waals surface area contributed by atoms with Gasteiger partial charge in [-0.1, -0.05) is 13.8 Å². The molecule has 6 nitrogen and oxygen atoms in total. The van der Waals surface area contributed by atoms with E-state index in [1.54, 1.807) is 0 Å². The SMILES string of the molecule is CC(C)CC1CC(c2c(C#N)c(N)nc3c2[C@@H]2CC[C@H](C3)N2C)NN1. The molecule has 0 aromatic carbocycles. The van der Waals surface area contributed by atoms with E-state index in [-0.39, 0.29) is 6.04 Å². The van der Waals surface area contributed by atoms with Crippen molar-refractivity contribution >= 4 is 5.82 Å². The molecule has 4 rings (SSSR count). The summed E-state index contributed by atoms with van der Waals surface area (Å²) in [7, 11) is 2.21. The summed E-state index contributed by atoms with van der Waals surface area (Å²) in [5.41, 5.74) is 17.1. The summed E-state index contributed by atoms with van der Waals surface area (Å²) < 4.78 is 0. The van der Waals surface area contributed by atoms with Crippen LogP contribution in [0, 0.1) is 17.2 Å². The van der Waals surface area contributed by atoms with E-state index in [1.165, 1.54) is 12.0 Å². The zero-order valence-corrected chi connectivity index (χ0v) is 15.3. The number of nitrogen functional groups attached to an aromatic ring is 1. The quantitative estimate of drug-likeness (QED) is 0.781. The molecule has 2 fully saturated rings. The molecule has 1 aromatic heterocycles. The van der Waals surface area contributed by atoms with Gasteiger partial charge in [0.1, 0.15) is 11.9 Å². The molecule has 0 aliphatic carbocycles. The average Bonchev–Trinajstić information content (AvgIpc) is 3.08. The molecule has 4 N–H and O–H groups in total. The van der Waals surface area contributed by atoms with Crippen molar-refractivity contribution in [2.45, 2.75) is 70.1 Å². The van der Waals surface area contributed by atoms with Gasteiger partial charge in [0, 0.05) is 36.3 Å². The van der Waals surface area contributed by atoms with Gasteiger partial charge in [-0.2, -0.15) is 5.26 Å². The Morgan fingerprint density at radius 1 is 1.32 bits per heavy atom. The Labute approximate surface area is 149 Å². The predicted molar refractivity (Wildman–Crippen MR) is 97.5 cm³/mol. The summed E-state index contributed by atoms with van der Waals surface area (Å²) in [6, 6.07) is 3.84. The predicted octanol–water partition coefficient (Wildman–Crippen LogP) is 2.18. The minimum Gasteiger partial charge on any atom is -0.383 e. The lowest BCUT2D eigenvalue weighted by molar-refractivity contribution is 0.220. The monoisotopic (exact) mass is 340 g/mol. The lowest BCUT2D eigenvalue weighted by atomic mass is 9.85. The third-order valence-electron chi connectivity index (χ3n) is 6.18. The number of pyridine rings is 1. The second-order valence-corrected chi connectivity index (χ2v) is 8.28. The normalized spacial score (nSPS) is 31.3. The number of nitriles is 1. The van der Waals surface area contributed by atoms with Crippen LogP contribution in [-0.4, -0.2) is 29.0 Å². The van der Waals surface area contributed by atoms with E-state index in [4.69, 9.17) is 5.73 Å². The number of anilines is 1. The second kappa shape index (κ2) is 6.24. The first-order chi connectivity index (χ1) is 12.0. The van der Waals surface area contributed by atoms with Crippen LogP contribution in [0.5, 0.6) is 0 Å². The van der Waals surface area contributed by atoms with Crippen LogP contribution in [-0.2, 0) is 6.42 Å². The zero-order chi connectivity index (χ0) is 17.7. The molecule has 0 radical (unpaired) electrons. The van der Waals surface area contributed by atoms with Crippen molar-refractivity contribution in [1.29, 1.82) is 5.26 Å². The smallest absolute Gasteiger partial charge is 0.141 e. The van der Waals surface area contributed by atoms with E-state index >= 15 is 0 Å². The molecule has 0 saturated carbocycles. The van der Waals surface area contributed by atoms with Gasteiger partial charge in [-0.3, -0.25) is 10.3 Å². The Morgan fingerprint density at radius 2 is 2.12 bits per heavy atom. The molecule has 2 saturated heterocycles. The minimum atomic E-state index is 0.128. The van der Waals surface area contributed by atoms with Crippen LogP contribution < -0.4 is 16.6 Å². The minimum absolute atomic E-state index is 0.128. The number of nitrogens with zero attached hydrogens (tertiary/aromatic N) is 3. The van der Waals surface area contributed by atoms with E-state index in [9.17, 15) is 5.26 Å². The Morgan fingerprint density at radius 3 is 2.84 bits per heavy atom. The second-order valence-electron chi connectivity index (χ2n) is 8.28. The average molecular weight is 340 g/mol. The van der Waals surface area contributed by atoms with Crippen LogP contribution in [0.25, 0.3) is 0 Å². The molecule has 0 spiro atoms. The number of rotatable bonds is 3. The molecule has 6 heteroatoms. The first kappa shape index (κ1) is 16.8. The highest BCUT2D eigenvalue weighted by Crippen LogP contribution is 2.47. The molecule has 1 aromatic rings. The molecule has 3 aliphatic heterocycles. The summed E-state index contributed by atoms with van der Waals surface area (Å²) in [4.78, 5) is 7.11. The van der Waals surface area contributed by atoms with E-state index in [0.29, 0.717) is 35.4 Å². The number of fused-ring (bicyclic) bond motifs is 4. The van der Waals surface area contributed by atoms with Crippen molar-refractivity contribution in [1.82, 2.24) is 20.7 Å². The number of hydrazine groups is 1. The Hall–Kier alpha value is -1.68. The van der Waals surface area contributed by atoms with Crippen molar-refractivity contribution in [3.8, 4) is 6.07 Å². The van der Waals surface area contributed by atoms with Gasteiger partial charge >= 0.3 is 0 Å². The molecule has 0 amide bonds. The first-order valence-electron chi connectivity index (χ1n) is 9.44. The number of nitrogens with one attached hydrogen (secondary N) is 2. The summed E-state index contributed by atoms with van der Waals surface area (Å²) in [6.45, 7) is 4.49. The zero-order valence-electron chi connectivity index (χ0n) is 15.3. The molecular weight excluding hydrogens is 312 g/mol. The number of nitrogens with two attached hydrogens (primary N) is 1. The van der Waals surface area contributed by atoms with E-state index in [0.717, 1.165) is 36.9 Å². The Kier molecular flexibility index (Phi) is 4.19. The maximum atomic E-state index is 9.78. The van der Waals surface area contributed by atoms with Crippen molar-refractivity contribution in [2.24, 2.45) is 5.92 Å². The molecule has 2 unspecified atom stereocenters. The largest absolute Gasteiger partial charge is 0.383 e. The van der Waals surface area contributed by atoms with Crippen LogP contribution in [0.1, 0.15) is 74.0 Å². The molecule has 4 heterocycles. The summed E-state index contributed by atoms with van der Waals surface area (Å²) in [5.74, 6) is 1.04. The van der Waals surface area contributed by atoms with Gasteiger partial charge in [-0.15, -0.1) is 0 Å². The highest BCUT2D eigenvalue weighted by Gasteiger charge is 2.42. The highest BCUT2D eigenvalue weighted by molar-refractivity contribution is 5.60. The number of aromatic nitrogens is 1. The molecule has 3 aliphatic rings. The molecule has 134 valence electrons. The molecule has 2 bridgehead atoms. The van der Waals surface area contributed by atoms with Crippen LogP contribution >= 0.6 is 0 Å². The third-order valence-corrected chi connectivity index (χ3v) is 6.18. The third kappa shape index (κ3) is 2.71. The number of likely N-dealkylation sites (N-methyl/N-ethyl adjacent to an activating group) is 1. The fraction of sp³-hybridized carbons (Fsp3) is 0.684.